The number of hydrogen-bond acceptors (Lipinski definition) is 1. The third kappa shape index (κ3) is 3.41. The lowest BCUT2D eigenvalue weighted by atomic mass is 10.0. The van der Waals surface area contributed by atoms with E-state index in [2.05, 4.69) is 66.3 Å². The zero-order valence-corrected chi connectivity index (χ0v) is 14.0. The van der Waals surface area contributed by atoms with E-state index in [0.717, 1.165) is 31.5 Å². The fourth-order valence-corrected chi connectivity index (χ4v) is 3.27. The van der Waals surface area contributed by atoms with Gasteiger partial charge in [0.2, 0.25) is 0 Å². The van der Waals surface area contributed by atoms with Crippen LogP contribution in [0, 0.1) is 6.92 Å². The molecule has 1 unspecified atom stereocenters. The molecule has 0 fully saturated rings. The summed E-state index contributed by atoms with van der Waals surface area (Å²) >= 11 is 0. The Balaban J connectivity index is 1.67. The predicted octanol–water partition coefficient (Wildman–Crippen LogP) is 3.86. The van der Waals surface area contributed by atoms with Crippen molar-refractivity contribution in [2.24, 2.45) is 0 Å². The predicted molar refractivity (Wildman–Crippen MR) is 92.2 cm³/mol. The highest BCUT2D eigenvalue weighted by Crippen LogP contribution is 2.29. The van der Waals surface area contributed by atoms with Gasteiger partial charge in [-0.15, -0.1) is 0 Å². The second-order valence-electron chi connectivity index (χ2n) is 6.27. The van der Waals surface area contributed by atoms with Crippen LogP contribution in [0.5, 0.6) is 0 Å². The minimum atomic E-state index is 0.0384. The molecule has 0 radical (unpaired) electrons. The number of nitrogens with one attached hydrogen (secondary N) is 1. The highest BCUT2D eigenvalue weighted by atomic mass is 16.2. The van der Waals surface area contributed by atoms with E-state index in [1.807, 2.05) is 4.90 Å². The standard InChI is InChI=1S/C19H25N3O/c1-3-5-18-17-6-4-11-21(17)12-13-22(18)19(23)20-14-16-9-7-15(2)8-10-16/h4,6-11,18H,3,5,12-14H2,1-2H3,(H,20,23). The number of nitrogens with zero attached hydrogens (tertiary/aromatic N) is 2. The van der Waals surface area contributed by atoms with Gasteiger partial charge in [0.15, 0.2) is 0 Å². The molecule has 0 saturated heterocycles. The van der Waals surface area contributed by atoms with E-state index in [4.69, 9.17) is 0 Å². The van der Waals surface area contributed by atoms with Crippen LogP contribution in [-0.4, -0.2) is 22.0 Å². The summed E-state index contributed by atoms with van der Waals surface area (Å²) in [5.74, 6) is 0. The minimum Gasteiger partial charge on any atom is -0.348 e. The maximum Gasteiger partial charge on any atom is 0.318 e. The second-order valence-corrected chi connectivity index (χ2v) is 6.27. The lowest BCUT2D eigenvalue weighted by Crippen LogP contribution is -2.46. The molecule has 2 heterocycles. The molecule has 1 aromatic heterocycles. The molecule has 0 aliphatic carbocycles. The molecule has 1 aliphatic rings. The number of urea groups is 1. The number of benzene rings is 1. The van der Waals surface area contributed by atoms with Crippen molar-refractivity contribution in [1.29, 1.82) is 0 Å². The molecule has 2 aromatic rings. The maximum absolute atomic E-state index is 12.7. The molecular weight excluding hydrogens is 286 g/mol. The first-order chi connectivity index (χ1) is 11.2. The van der Waals surface area contributed by atoms with Crippen LogP contribution in [0.15, 0.2) is 42.6 Å². The maximum atomic E-state index is 12.7. The average Bonchev–Trinajstić information content (AvgIpc) is 3.03. The van der Waals surface area contributed by atoms with Crippen LogP contribution in [0.1, 0.15) is 42.6 Å². The monoisotopic (exact) mass is 311 g/mol. The van der Waals surface area contributed by atoms with Crippen molar-refractivity contribution in [1.82, 2.24) is 14.8 Å². The fraction of sp³-hybridized carbons (Fsp3) is 0.421. The Bertz CT molecular complexity index is 660. The number of carbonyl (C=O) groups is 1. The smallest absolute Gasteiger partial charge is 0.318 e. The summed E-state index contributed by atoms with van der Waals surface area (Å²) in [7, 11) is 0. The van der Waals surface area contributed by atoms with Gasteiger partial charge in [0.1, 0.15) is 0 Å². The lowest BCUT2D eigenvalue weighted by Gasteiger charge is -2.37. The molecule has 2 amide bonds. The van der Waals surface area contributed by atoms with Gasteiger partial charge in [0.05, 0.1) is 6.04 Å². The number of hydrogen-bond donors (Lipinski definition) is 1. The Morgan fingerprint density at radius 3 is 2.74 bits per heavy atom. The Labute approximate surface area is 138 Å². The number of amides is 2. The molecule has 122 valence electrons. The zero-order valence-electron chi connectivity index (χ0n) is 14.0. The molecule has 4 nitrogen and oxygen atoms in total. The van der Waals surface area contributed by atoms with Crippen LogP contribution >= 0.6 is 0 Å². The number of fused-ring (bicyclic) bond motifs is 1. The van der Waals surface area contributed by atoms with Crippen molar-refractivity contribution < 1.29 is 4.79 Å². The van der Waals surface area contributed by atoms with Crippen LogP contribution in [0.2, 0.25) is 0 Å². The summed E-state index contributed by atoms with van der Waals surface area (Å²) < 4.78 is 2.27. The molecule has 0 spiro atoms. The number of aromatic nitrogens is 1. The first-order valence-corrected chi connectivity index (χ1v) is 8.44. The minimum absolute atomic E-state index is 0.0384. The lowest BCUT2D eigenvalue weighted by molar-refractivity contribution is 0.150. The van der Waals surface area contributed by atoms with E-state index in [1.165, 1.54) is 11.3 Å². The van der Waals surface area contributed by atoms with Crippen LogP contribution in [-0.2, 0) is 13.1 Å². The van der Waals surface area contributed by atoms with Gasteiger partial charge in [-0.2, -0.15) is 0 Å². The molecule has 3 rings (SSSR count). The van der Waals surface area contributed by atoms with Crippen molar-refractivity contribution in [3.8, 4) is 0 Å². The van der Waals surface area contributed by atoms with Gasteiger partial charge >= 0.3 is 6.03 Å². The van der Waals surface area contributed by atoms with E-state index in [1.54, 1.807) is 0 Å². The summed E-state index contributed by atoms with van der Waals surface area (Å²) in [5, 5.41) is 3.08. The van der Waals surface area contributed by atoms with Crippen molar-refractivity contribution >= 4 is 6.03 Å². The number of aryl methyl sites for hydroxylation is 1. The molecule has 4 heteroatoms. The third-order valence-electron chi connectivity index (χ3n) is 4.55. The molecule has 0 bridgehead atoms. The third-order valence-corrected chi connectivity index (χ3v) is 4.55. The van der Waals surface area contributed by atoms with E-state index in [9.17, 15) is 4.79 Å². The van der Waals surface area contributed by atoms with E-state index >= 15 is 0 Å². The van der Waals surface area contributed by atoms with Crippen LogP contribution in [0.25, 0.3) is 0 Å². The van der Waals surface area contributed by atoms with E-state index in [0.29, 0.717) is 6.54 Å². The van der Waals surface area contributed by atoms with Crippen molar-refractivity contribution in [3.05, 3.63) is 59.4 Å². The molecule has 23 heavy (non-hydrogen) atoms. The molecule has 1 aliphatic heterocycles. The van der Waals surface area contributed by atoms with Gasteiger partial charge in [-0.25, -0.2) is 4.79 Å². The van der Waals surface area contributed by atoms with Crippen LogP contribution in [0.3, 0.4) is 0 Å². The van der Waals surface area contributed by atoms with Gasteiger partial charge in [0.25, 0.3) is 0 Å². The zero-order chi connectivity index (χ0) is 16.2. The van der Waals surface area contributed by atoms with Gasteiger partial charge < -0.3 is 14.8 Å². The molecule has 1 atom stereocenters. The summed E-state index contributed by atoms with van der Waals surface area (Å²) in [5.41, 5.74) is 3.62. The SMILES string of the molecule is CCCC1c2cccn2CCN1C(=O)NCc1ccc(C)cc1. The normalized spacial score (nSPS) is 17.0. The second kappa shape index (κ2) is 6.90. The summed E-state index contributed by atoms with van der Waals surface area (Å²) in [6, 6.07) is 12.7. The van der Waals surface area contributed by atoms with E-state index in [-0.39, 0.29) is 12.1 Å². The molecule has 1 N–H and O–H groups in total. The van der Waals surface area contributed by atoms with Crippen molar-refractivity contribution in [2.75, 3.05) is 6.54 Å². The summed E-state index contributed by atoms with van der Waals surface area (Å²) in [4.78, 5) is 14.7. The Morgan fingerprint density at radius 1 is 1.22 bits per heavy atom. The average molecular weight is 311 g/mol. The van der Waals surface area contributed by atoms with E-state index < -0.39 is 0 Å². The van der Waals surface area contributed by atoms with Gasteiger partial charge in [-0.3, -0.25) is 0 Å². The van der Waals surface area contributed by atoms with Crippen molar-refractivity contribution in [3.63, 3.8) is 0 Å². The fourth-order valence-electron chi connectivity index (χ4n) is 3.27. The Hall–Kier alpha value is -2.23. The quantitative estimate of drug-likeness (QED) is 0.914. The Morgan fingerprint density at radius 2 is 2.00 bits per heavy atom. The topological polar surface area (TPSA) is 37.3 Å². The Kier molecular flexibility index (Phi) is 4.70. The molecule has 1 aromatic carbocycles. The van der Waals surface area contributed by atoms with Gasteiger partial charge in [-0.05, 0) is 31.0 Å². The summed E-state index contributed by atoms with van der Waals surface area (Å²) in [6.07, 6.45) is 4.18. The summed E-state index contributed by atoms with van der Waals surface area (Å²) in [6.45, 7) is 6.47. The highest BCUT2D eigenvalue weighted by Gasteiger charge is 2.29. The first kappa shape index (κ1) is 15.7. The molecule has 0 saturated carbocycles. The highest BCUT2D eigenvalue weighted by molar-refractivity contribution is 5.75. The number of carbonyl (C=O) groups excluding carboxylic acids is 1. The van der Waals surface area contributed by atoms with Gasteiger partial charge in [-0.1, -0.05) is 43.2 Å². The largest absolute Gasteiger partial charge is 0.348 e. The van der Waals surface area contributed by atoms with Gasteiger partial charge in [0, 0.05) is 31.5 Å². The number of rotatable bonds is 4. The van der Waals surface area contributed by atoms with Crippen LogP contribution in [0.4, 0.5) is 4.79 Å². The van der Waals surface area contributed by atoms with Crippen molar-refractivity contribution in [2.45, 2.75) is 45.8 Å². The molecular formula is C19H25N3O. The van der Waals surface area contributed by atoms with Crippen LogP contribution < -0.4 is 5.32 Å². The first-order valence-electron chi connectivity index (χ1n) is 8.44.